The first-order valence-electron chi connectivity index (χ1n) is 11.0. The molecule has 2 aliphatic heterocycles. The van der Waals surface area contributed by atoms with Gasteiger partial charge in [-0.05, 0) is 32.1 Å². The molecule has 1 aromatic heterocycles. The molecule has 0 radical (unpaired) electrons. The Morgan fingerprint density at radius 2 is 2.04 bits per heavy atom. The third-order valence-electron chi connectivity index (χ3n) is 6.41. The van der Waals surface area contributed by atoms with E-state index in [1.54, 1.807) is 7.05 Å². The van der Waals surface area contributed by atoms with E-state index in [2.05, 4.69) is 31.3 Å². The molecule has 1 aliphatic carbocycles. The molecule has 7 nitrogen and oxygen atoms in total. The van der Waals surface area contributed by atoms with Crippen molar-refractivity contribution in [3.63, 3.8) is 0 Å². The Hall–Kier alpha value is -2.05. The molecule has 1 saturated carbocycles. The quantitative estimate of drug-likeness (QED) is 0.614. The van der Waals surface area contributed by atoms with Crippen molar-refractivity contribution in [2.24, 2.45) is 10.9 Å². The fourth-order valence-corrected chi connectivity index (χ4v) is 4.81. The maximum Gasteiger partial charge on any atom is 0.225 e. The van der Waals surface area contributed by atoms with E-state index in [0.29, 0.717) is 12.5 Å². The predicted molar refractivity (Wildman–Crippen MR) is 110 cm³/mol. The van der Waals surface area contributed by atoms with Crippen LogP contribution < -0.4 is 10.6 Å². The zero-order chi connectivity index (χ0) is 19.3. The molecule has 3 heterocycles. The summed E-state index contributed by atoms with van der Waals surface area (Å²) < 4.78 is 2.28. The van der Waals surface area contributed by atoms with Gasteiger partial charge < -0.3 is 20.1 Å². The van der Waals surface area contributed by atoms with Gasteiger partial charge in [0.1, 0.15) is 5.82 Å². The van der Waals surface area contributed by atoms with Crippen LogP contribution in [-0.2, 0) is 24.3 Å². The van der Waals surface area contributed by atoms with Crippen LogP contribution in [0.15, 0.2) is 11.2 Å². The highest BCUT2D eigenvalue weighted by Crippen LogP contribution is 2.26. The summed E-state index contributed by atoms with van der Waals surface area (Å²) in [5, 5.41) is 6.88. The number of likely N-dealkylation sites (tertiary alicyclic amines) is 1. The molecule has 1 saturated heterocycles. The van der Waals surface area contributed by atoms with Crippen molar-refractivity contribution in [2.45, 2.75) is 76.9 Å². The Kier molecular flexibility index (Phi) is 6.17. The Morgan fingerprint density at radius 1 is 1.18 bits per heavy atom. The molecule has 2 N–H and O–H groups in total. The van der Waals surface area contributed by atoms with E-state index >= 15 is 0 Å². The highest BCUT2D eigenvalue weighted by atomic mass is 16.2. The maximum atomic E-state index is 12.7. The molecule has 0 aromatic carbocycles. The van der Waals surface area contributed by atoms with E-state index < -0.39 is 0 Å². The Balaban J connectivity index is 1.25. The first-order chi connectivity index (χ1) is 13.7. The lowest BCUT2D eigenvalue weighted by Gasteiger charge is -2.26. The van der Waals surface area contributed by atoms with Crippen LogP contribution in [0.2, 0.25) is 0 Å². The largest absolute Gasteiger partial charge is 0.352 e. The number of aromatic nitrogens is 2. The van der Waals surface area contributed by atoms with Gasteiger partial charge in [0.2, 0.25) is 5.91 Å². The van der Waals surface area contributed by atoms with Gasteiger partial charge in [-0.2, -0.15) is 0 Å². The number of imidazole rings is 1. The summed E-state index contributed by atoms with van der Waals surface area (Å²) in [5.41, 5.74) is 1.07. The third-order valence-corrected chi connectivity index (χ3v) is 6.41. The van der Waals surface area contributed by atoms with Gasteiger partial charge in [0.15, 0.2) is 5.96 Å². The second-order valence-corrected chi connectivity index (χ2v) is 8.47. The van der Waals surface area contributed by atoms with Crippen LogP contribution in [-0.4, -0.2) is 52.5 Å². The molecule has 1 amide bonds. The molecule has 0 bridgehead atoms. The molecular formula is C21H34N6O. The van der Waals surface area contributed by atoms with Crippen LogP contribution in [0.25, 0.3) is 0 Å². The monoisotopic (exact) mass is 386 g/mol. The van der Waals surface area contributed by atoms with Crippen LogP contribution >= 0.6 is 0 Å². The van der Waals surface area contributed by atoms with Crippen LogP contribution in [0.1, 0.15) is 62.9 Å². The lowest BCUT2D eigenvalue weighted by molar-refractivity contribution is -0.135. The highest BCUT2D eigenvalue weighted by molar-refractivity contribution is 5.81. The average Bonchev–Trinajstić information content (AvgIpc) is 3.37. The van der Waals surface area contributed by atoms with Gasteiger partial charge in [0.05, 0.1) is 12.2 Å². The van der Waals surface area contributed by atoms with E-state index in [1.165, 1.54) is 37.9 Å². The fourth-order valence-electron chi connectivity index (χ4n) is 4.81. The Bertz CT molecular complexity index is 682. The van der Waals surface area contributed by atoms with Crippen LogP contribution in [0.4, 0.5) is 0 Å². The van der Waals surface area contributed by atoms with Crippen LogP contribution in [0.3, 0.4) is 0 Å². The third kappa shape index (κ3) is 4.50. The van der Waals surface area contributed by atoms with E-state index in [0.717, 1.165) is 57.0 Å². The van der Waals surface area contributed by atoms with Crippen molar-refractivity contribution in [1.82, 2.24) is 25.1 Å². The van der Waals surface area contributed by atoms with E-state index in [-0.39, 0.29) is 12.0 Å². The molecule has 4 rings (SSSR count). The number of amides is 1. The average molecular weight is 387 g/mol. The standard InChI is InChI=1S/C21H34N6O/c1-22-21(23-13-18-15-26-11-6-5-9-19(26)24-18)25-17-10-12-27(14-17)20(28)16-7-3-2-4-8-16/h15-17H,2-14H2,1H3,(H2,22,23,25). The highest BCUT2D eigenvalue weighted by Gasteiger charge is 2.31. The zero-order valence-electron chi connectivity index (χ0n) is 17.1. The minimum atomic E-state index is 0.261. The summed E-state index contributed by atoms with van der Waals surface area (Å²) in [6.45, 7) is 3.41. The molecular weight excluding hydrogens is 352 g/mol. The number of hydrogen-bond donors (Lipinski definition) is 2. The number of aliphatic imine (C=N–C) groups is 1. The first-order valence-corrected chi connectivity index (χ1v) is 11.0. The zero-order valence-corrected chi connectivity index (χ0v) is 17.1. The summed E-state index contributed by atoms with van der Waals surface area (Å²) in [7, 11) is 1.80. The van der Waals surface area contributed by atoms with E-state index in [4.69, 9.17) is 4.98 Å². The number of hydrogen-bond acceptors (Lipinski definition) is 3. The topological polar surface area (TPSA) is 74.6 Å². The number of nitrogens with zero attached hydrogens (tertiary/aromatic N) is 4. The maximum absolute atomic E-state index is 12.7. The van der Waals surface area contributed by atoms with Crippen LogP contribution in [0.5, 0.6) is 0 Å². The molecule has 2 fully saturated rings. The molecule has 0 spiro atoms. The summed E-state index contributed by atoms with van der Waals surface area (Å²) in [6, 6.07) is 0.272. The van der Waals surface area contributed by atoms with Crippen LogP contribution in [0, 0.1) is 5.92 Å². The summed E-state index contributed by atoms with van der Waals surface area (Å²) in [4.78, 5) is 23.9. The summed E-state index contributed by atoms with van der Waals surface area (Å²) >= 11 is 0. The van der Waals surface area contributed by atoms with Crippen molar-refractivity contribution in [3.8, 4) is 0 Å². The molecule has 1 atom stereocenters. The van der Waals surface area contributed by atoms with Crippen molar-refractivity contribution in [3.05, 3.63) is 17.7 Å². The molecule has 154 valence electrons. The van der Waals surface area contributed by atoms with Gasteiger partial charge in [0.25, 0.3) is 0 Å². The number of guanidine groups is 1. The normalized spacial score (nSPS) is 23.5. The van der Waals surface area contributed by atoms with Gasteiger partial charge in [0, 0.05) is 51.3 Å². The number of nitrogens with one attached hydrogen (secondary N) is 2. The van der Waals surface area contributed by atoms with Gasteiger partial charge in [-0.3, -0.25) is 9.79 Å². The first kappa shape index (κ1) is 19.3. The molecule has 28 heavy (non-hydrogen) atoms. The smallest absolute Gasteiger partial charge is 0.225 e. The lowest BCUT2D eigenvalue weighted by Crippen LogP contribution is -2.45. The number of rotatable bonds is 4. The minimum Gasteiger partial charge on any atom is -0.352 e. The second kappa shape index (κ2) is 8.97. The molecule has 3 aliphatic rings. The SMILES string of the molecule is CN=C(NCc1cn2c(n1)CCCC2)NC1CCN(C(=O)C2CCCCC2)C1. The Labute approximate surface area is 168 Å². The number of fused-ring (bicyclic) bond motifs is 1. The van der Waals surface area contributed by atoms with Crippen molar-refractivity contribution in [2.75, 3.05) is 20.1 Å². The second-order valence-electron chi connectivity index (χ2n) is 8.47. The van der Waals surface area contributed by atoms with Crippen molar-refractivity contribution in [1.29, 1.82) is 0 Å². The van der Waals surface area contributed by atoms with Gasteiger partial charge in [-0.15, -0.1) is 0 Å². The van der Waals surface area contributed by atoms with E-state index in [1.807, 2.05) is 0 Å². The number of aryl methyl sites for hydroxylation is 2. The van der Waals surface area contributed by atoms with E-state index in [9.17, 15) is 4.79 Å². The number of carbonyl (C=O) groups excluding carboxylic acids is 1. The minimum absolute atomic E-state index is 0.261. The van der Waals surface area contributed by atoms with Crippen molar-refractivity contribution >= 4 is 11.9 Å². The molecule has 7 heteroatoms. The number of carbonyl (C=O) groups is 1. The van der Waals surface area contributed by atoms with Gasteiger partial charge >= 0.3 is 0 Å². The van der Waals surface area contributed by atoms with Crippen molar-refractivity contribution < 1.29 is 4.79 Å². The van der Waals surface area contributed by atoms with Gasteiger partial charge in [-0.1, -0.05) is 19.3 Å². The van der Waals surface area contributed by atoms with Gasteiger partial charge in [-0.25, -0.2) is 4.98 Å². The summed E-state index contributed by atoms with van der Waals surface area (Å²) in [6.07, 6.45) is 12.6. The predicted octanol–water partition coefficient (Wildman–Crippen LogP) is 2.07. The lowest BCUT2D eigenvalue weighted by atomic mass is 9.88. The molecule has 1 aromatic rings. The summed E-state index contributed by atoms with van der Waals surface area (Å²) in [5.74, 6) is 2.63. The fraction of sp³-hybridized carbons (Fsp3) is 0.762. The molecule has 1 unspecified atom stereocenters. The Morgan fingerprint density at radius 3 is 2.82 bits per heavy atom.